The molecule has 0 atom stereocenters. The number of rotatable bonds is 1. The molecule has 0 aliphatic carbocycles. The molecule has 0 aromatic heterocycles. The Labute approximate surface area is 91.8 Å². The van der Waals surface area contributed by atoms with Crippen LogP contribution in [0.2, 0.25) is 0 Å². The normalized spacial score (nSPS) is 17.0. The molecule has 0 bridgehead atoms. The van der Waals surface area contributed by atoms with Crippen LogP contribution in [-0.4, -0.2) is 16.4 Å². The summed E-state index contributed by atoms with van der Waals surface area (Å²) in [7, 11) is 0. The number of hydrogen-bond donors (Lipinski definition) is 2. The molecule has 0 spiro atoms. The number of nitrogens with one attached hydrogen (secondary N) is 2. The number of carbonyl (C=O) groups is 1. The van der Waals surface area contributed by atoms with E-state index in [1.165, 1.54) is 12.1 Å². The first-order valence-corrected chi connectivity index (χ1v) is 4.78. The molecule has 0 radical (unpaired) electrons. The van der Waals surface area contributed by atoms with Gasteiger partial charge in [0.2, 0.25) is 5.91 Å². The number of anilines is 2. The molecule has 1 aromatic rings. The molecule has 0 saturated carbocycles. The number of fused-ring (bicyclic) bond motifs is 1. The van der Waals surface area contributed by atoms with E-state index in [2.05, 4.69) is 10.6 Å². The minimum Gasteiger partial charge on any atom is -0.370 e. The minimum absolute atomic E-state index is 0.0412. The van der Waals surface area contributed by atoms with E-state index in [1.807, 2.05) is 0 Å². The first-order chi connectivity index (χ1) is 7.40. The van der Waals surface area contributed by atoms with Crippen molar-refractivity contribution < 1.29 is 9.72 Å². The van der Waals surface area contributed by atoms with Crippen LogP contribution in [0.5, 0.6) is 0 Å². The highest BCUT2D eigenvalue weighted by molar-refractivity contribution is 6.05. The van der Waals surface area contributed by atoms with Crippen molar-refractivity contribution in [3.05, 3.63) is 28.3 Å². The molecular formula is C10H11N3O3. The Balaban J connectivity index is 2.44. The minimum atomic E-state index is -0.705. The lowest BCUT2D eigenvalue weighted by molar-refractivity contribution is -0.384. The number of carbonyl (C=O) groups excluding carboxylic acids is 1. The molecule has 16 heavy (non-hydrogen) atoms. The summed E-state index contributed by atoms with van der Waals surface area (Å²) in [6, 6.07) is 4.34. The monoisotopic (exact) mass is 221 g/mol. The van der Waals surface area contributed by atoms with Crippen LogP contribution < -0.4 is 10.6 Å². The van der Waals surface area contributed by atoms with E-state index in [0.29, 0.717) is 11.4 Å². The molecule has 1 amide bonds. The van der Waals surface area contributed by atoms with Crippen molar-refractivity contribution in [3.8, 4) is 0 Å². The molecule has 84 valence electrons. The summed E-state index contributed by atoms with van der Waals surface area (Å²) in [6.45, 7) is 3.49. The van der Waals surface area contributed by atoms with Crippen molar-refractivity contribution >= 4 is 23.0 Å². The summed E-state index contributed by atoms with van der Waals surface area (Å²) in [5.41, 5.74) is 0.387. The number of nitro groups is 1. The van der Waals surface area contributed by atoms with Crippen LogP contribution in [0.25, 0.3) is 0 Å². The fourth-order valence-electron chi connectivity index (χ4n) is 1.53. The van der Waals surface area contributed by atoms with Crippen LogP contribution >= 0.6 is 0 Å². The number of hydrogen-bond acceptors (Lipinski definition) is 4. The summed E-state index contributed by atoms with van der Waals surface area (Å²) in [6.07, 6.45) is 0. The second kappa shape index (κ2) is 3.19. The molecular weight excluding hydrogens is 210 g/mol. The van der Waals surface area contributed by atoms with Crippen LogP contribution in [0.4, 0.5) is 17.1 Å². The Morgan fingerprint density at radius 1 is 1.31 bits per heavy atom. The fourth-order valence-corrected chi connectivity index (χ4v) is 1.53. The molecule has 6 heteroatoms. The van der Waals surface area contributed by atoms with Gasteiger partial charge in [-0.3, -0.25) is 14.9 Å². The van der Waals surface area contributed by atoms with Gasteiger partial charge in [0.15, 0.2) is 0 Å². The van der Waals surface area contributed by atoms with Gasteiger partial charge in [-0.05, 0) is 19.9 Å². The van der Waals surface area contributed by atoms with Crippen LogP contribution in [0, 0.1) is 10.1 Å². The average Bonchev–Trinajstić information content (AvgIpc) is 2.18. The van der Waals surface area contributed by atoms with E-state index >= 15 is 0 Å². The van der Waals surface area contributed by atoms with Gasteiger partial charge < -0.3 is 10.6 Å². The Kier molecular flexibility index (Phi) is 2.08. The van der Waals surface area contributed by atoms with Crippen molar-refractivity contribution in [2.75, 3.05) is 10.6 Å². The lowest BCUT2D eigenvalue weighted by Gasteiger charge is -2.32. The molecule has 1 heterocycles. The van der Waals surface area contributed by atoms with Gasteiger partial charge in [0.25, 0.3) is 5.69 Å². The first-order valence-electron chi connectivity index (χ1n) is 4.78. The molecule has 1 aromatic carbocycles. The molecule has 6 nitrogen and oxygen atoms in total. The zero-order valence-electron chi connectivity index (χ0n) is 8.90. The van der Waals surface area contributed by atoms with Crippen molar-refractivity contribution in [2.45, 2.75) is 19.4 Å². The van der Waals surface area contributed by atoms with Gasteiger partial charge in [-0.1, -0.05) is 0 Å². The highest BCUT2D eigenvalue weighted by atomic mass is 16.6. The molecule has 2 rings (SSSR count). The van der Waals surface area contributed by atoms with Crippen molar-refractivity contribution in [1.29, 1.82) is 0 Å². The topological polar surface area (TPSA) is 84.3 Å². The lowest BCUT2D eigenvalue weighted by atomic mass is 10.00. The average molecular weight is 221 g/mol. The zero-order chi connectivity index (χ0) is 11.9. The van der Waals surface area contributed by atoms with E-state index in [1.54, 1.807) is 19.9 Å². The summed E-state index contributed by atoms with van der Waals surface area (Å²) >= 11 is 0. The Hall–Kier alpha value is -2.11. The van der Waals surface area contributed by atoms with Crippen LogP contribution in [0.3, 0.4) is 0 Å². The quantitative estimate of drug-likeness (QED) is 0.558. The highest BCUT2D eigenvalue weighted by Crippen LogP contribution is 2.33. The van der Waals surface area contributed by atoms with Crippen LogP contribution in [0.15, 0.2) is 18.2 Å². The molecule has 0 unspecified atom stereocenters. The van der Waals surface area contributed by atoms with Gasteiger partial charge >= 0.3 is 0 Å². The highest BCUT2D eigenvalue weighted by Gasteiger charge is 2.33. The maximum atomic E-state index is 11.6. The smallest absolute Gasteiger partial charge is 0.271 e. The third-order valence-electron chi connectivity index (χ3n) is 2.48. The van der Waals surface area contributed by atoms with E-state index < -0.39 is 10.5 Å². The number of non-ortho nitro benzene ring substituents is 1. The summed E-state index contributed by atoms with van der Waals surface area (Å²) in [4.78, 5) is 21.7. The summed E-state index contributed by atoms with van der Waals surface area (Å²) in [5.74, 6) is -0.208. The number of nitrogens with zero attached hydrogens (tertiary/aromatic N) is 1. The zero-order valence-corrected chi connectivity index (χ0v) is 8.90. The van der Waals surface area contributed by atoms with E-state index in [-0.39, 0.29) is 11.6 Å². The van der Waals surface area contributed by atoms with E-state index in [9.17, 15) is 14.9 Å². The third-order valence-corrected chi connectivity index (χ3v) is 2.48. The van der Waals surface area contributed by atoms with E-state index in [0.717, 1.165) is 0 Å². The predicted molar refractivity (Wildman–Crippen MR) is 59.4 cm³/mol. The molecule has 2 N–H and O–H groups in total. The molecule has 0 fully saturated rings. The van der Waals surface area contributed by atoms with Crippen LogP contribution in [0.1, 0.15) is 13.8 Å². The maximum Gasteiger partial charge on any atom is 0.271 e. The number of benzene rings is 1. The molecule has 1 aliphatic heterocycles. The number of amides is 1. The van der Waals surface area contributed by atoms with Crippen molar-refractivity contribution in [3.63, 3.8) is 0 Å². The third kappa shape index (κ3) is 1.58. The maximum absolute atomic E-state index is 11.6. The van der Waals surface area contributed by atoms with Crippen molar-refractivity contribution in [1.82, 2.24) is 0 Å². The summed E-state index contributed by atoms with van der Waals surface area (Å²) < 4.78 is 0. The van der Waals surface area contributed by atoms with Crippen LogP contribution in [-0.2, 0) is 4.79 Å². The Morgan fingerprint density at radius 3 is 2.62 bits per heavy atom. The Bertz CT molecular complexity index is 482. The molecule has 0 saturated heterocycles. The second-order valence-corrected chi connectivity index (χ2v) is 4.19. The summed E-state index contributed by atoms with van der Waals surface area (Å²) in [5, 5.41) is 16.2. The van der Waals surface area contributed by atoms with Gasteiger partial charge in [0.1, 0.15) is 5.54 Å². The Morgan fingerprint density at radius 2 is 2.00 bits per heavy atom. The van der Waals surface area contributed by atoms with Gasteiger partial charge in [-0.15, -0.1) is 0 Å². The van der Waals surface area contributed by atoms with E-state index in [4.69, 9.17) is 0 Å². The predicted octanol–water partition coefficient (Wildman–Crippen LogP) is 1.74. The first kappa shape index (κ1) is 10.4. The molecule has 1 aliphatic rings. The lowest BCUT2D eigenvalue weighted by Crippen LogP contribution is -2.47. The van der Waals surface area contributed by atoms with Gasteiger partial charge in [0, 0.05) is 12.1 Å². The largest absolute Gasteiger partial charge is 0.370 e. The fraction of sp³-hybridized carbons (Fsp3) is 0.300. The van der Waals surface area contributed by atoms with Gasteiger partial charge in [-0.2, -0.15) is 0 Å². The number of nitro benzene ring substituents is 1. The van der Waals surface area contributed by atoms with Gasteiger partial charge in [0.05, 0.1) is 16.3 Å². The standard InChI is InChI=1S/C10H11N3O3/c1-10(2)9(14)11-8-5-6(13(15)16)3-4-7(8)12-10/h3-5,12H,1-2H3,(H,11,14). The van der Waals surface area contributed by atoms with Crippen molar-refractivity contribution in [2.24, 2.45) is 0 Å². The van der Waals surface area contributed by atoms with Gasteiger partial charge in [-0.25, -0.2) is 0 Å². The SMILES string of the molecule is CC1(C)Nc2ccc([N+](=O)[O-])cc2NC1=O. The second-order valence-electron chi connectivity index (χ2n) is 4.19.